The third-order valence-electron chi connectivity index (χ3n) is 2.08. The number of aromatic nitrogens is 3. The quantitative estimate of drug-likeness (QED) is 0.635. The highest BCUT2D eigenvalue weighted by atomic mass is 16.5. The Morgan fingerprint density at radius 3 is 2.93 bits per heavy atom. The maximum absolute atomic E-state index is 11.0. The Balaban J connectivity index is 2.17. The van der Waals surface area contributed by atoms with E-state index in [-0.39, 0.29) is 5.78 Å². The van der Waals surface area contributed by atoms with Gasteiger partial charge in [-0.05, 0) is 6.92 Å². The zero-order valence-electron chi connectivity index (χ0n) is 9.27. The minimum Gasteiger partial charge on any atom is -0.375 e. The fraction of sp³-hybridized carbons (Fsp3) is 0.700. The van der Waals surface area contributed by atoms with Gasteiger partial charge in [0.1, 0.15) is 11.5 Å². The number of rotatable bonds is 7. The van der Waals surface area contributed by atoms with Crippen molar-refractivity contribution in [3.8, 4) is 0 Å². The summed E-state index contributed by atoms with van der Waals surface area (Å²) in [6.45, 7) is 5.55. The lowest BCUT2D eigenvalue weighted by molar-refractivity contribution is -0.119. The van der Waals surface area contributed by atoms with Gasteiger partial charge in [-0.1, -0.05) is 12.1 Å². The van der Waals surface area contributed by atoms with Crippen LogP contribution in [0, 0.1) is 0 Å². The molecule has 0 fully saturated rings. The second-order valence-corrected chi connectivity index (χ2v) is 3.26. The molecule has 0 spiro atoms. The lowest BCUT2D eigenvalue weighted by atomic mass is 10.2. The number of hydrogen-bond acceptors (Lipinski definition) is 4. The first-order chi connectivity index (χ1) is 7.26. The summed E-state index contributed by atoms with van der Waals surface area (Å²) in [5, 5.41) is 7.81. The lowest BCUT2D eigenvalue weighted by Crippen LogP contribution is -2.03. The molecule has 0 aliphatic carbocycles. The van der Waals surface area contributed by atoms with Crippen molar-refractivity contribution in [1.29, 1.82) is 0 Å². The van der Waals surface area contributed by atoms with Crippen LogP contribution in [0.3, 0.4) is 0 Å². The van der Waals surface area contributed by atoms with E-state index >= 15 is 0 Å². The summed E-state index contributed by atoms with van der Waals surface area (Å²) >= 11 is 0. The van der Waals surface area contributed by atoms with E-state index in [1.54, 1.807) is 4.68 Å². The van der Waals surface area contributed by atoms with Crippen LogP contribution in [0.15, 0.2) is 6.20 Å². The Morgan fingerprint density at radius 1 is 1.53 bits per heavy atom. The molecule has 0 aromatic carbocycles. The Bertz CT molecular complexity index is 309. The van der Waals surface area contributed by atoms with Gasteiger partial charge < -0.3 is 4.74 Å². The van der Waals surface area contributed by atoms with Gasteiger partial charge in [0.15, 0.2) is 0 Å². The van der Waals surface area contributed by atoms with Crippen LogP contribution < -0.4 is 0 Å². The zero-order valence-corrected chi connectivity index (χ0v) is 9.27. The Morgan fingerprint density at radius 2 is 2.33 bits per heavy atom. The molecule has 0 atom stereocenters. The van der Waals surface area contributed by atoms with Crippen molar-refractivity contribution in [3.05, 3.63) is 11.9 Å². The van der Waals surface area contributed by atoms with E-state index in [1.807, 2.05) is 20.0 Å². The van der Waals surface area contributed by atoms with Crippen LogP contribution in [0.4, 0.5) is 0 Å². The van der Waals surface area contributed by atoms with Gasteiger partial charge in [0.2, 0.25) is 0 Å². The third kappa shape index (κ3) is 4.20. The fourth-order valence-electron chi connectivity index (χ4n) is 1.10. The van der Waals surface area contributed by atoms with Crippen LogP contribution in [-0.2, 0) is 22.7 Å². The van der Waals surface area contributed by atoms with Crippen molar-refractivity contribution in [2.45, 2.75) is 39.8 Å². The molecule has 0 aliphatic heterocycles. The normalized spacial score (nSPS) is 10.5. The van der Waals surface area contributed by atoms with Crippen LogP contribution >= 0.6 is 0 Å². The summed E-state index contributed by atoms with van der Waals surface area (Å²) in [6.07, 6.45) is 2.91. The molecule has 1 aromatic heterocycles. The molecule has 0 N–H and O–H groups in total. The van der Waals surface area contributed by atoms with Crippen LogP contribution in [-0.4, -0.2) is 27.4 Å². The summed E-state index contributed by atoms with van der Waals surface area (Å²) in [6, 6.07) is 0. The summed E-state index contributed by atoms with van der Waals surface area (Å²) in [5.74, 6) is 0.229. The number of ether oxygens (including phenoxy) is 1. The second kappa shape index (κ2) is 6.29. The number of nitrogens with zero attached hydrogens (tertiary/aromatic N) is 3. The molecule has 5 nitrogen and oxygen atoms in total. The number of carbonyl (C=O) groups is 1. The lowest BCUT2D eigenvalue weighted by Gasteiger charge is -1.99. The largest absolute Gasteiger partial charge is 0.375 e. The molecule has 1 aromatic rings. The van der Waals surface area contributed by atoms with Gasteiger partial charge in [0.25, 0.3) is 0 Å². The highest BCUT2D eigenvalue weighted by Crippen LogP contribution is 1.97. The topological polar surface area (TPSA) is 57.0 Å². The highest BCUT2D eigenvalue weighted by Gasteiger charge is 2.01. The number of aryl methyl sites for hydroxylation is 1. The van der Waals surface area contributed by atoms with E-state index < -0.39 is 0 Å². The van der Waals surface area contributed by atoms with Gasteiger partial charge in [-0.15, -0.1) is 5.10 Å². The summed E-state index contributed by atoms with van der Waals surface area (Å²) in [7, 11) is 0. The maximum atomic E-state index is 11.0. The second-order valence-electron chi connectivity index (χ2n) is 3.26. The molecule has 0 bridgehead atoms. The molecule has 0 radical (unpaired) electrons. The zero-order chi connectivity index (χ0) is 11.1. The number of hydrogen-bond donors (Lipinski definition) is 0. The standard InChI is InChI=1S/C10H17N3O2/c1-3-10(14)5-6-15-8-9-7-13(4-2)12-11-9/h7H,3-6,8H2,1-2H3. The molecule has 1 rings (SSSR count). The molecule has 0 aliphatic rings. The van der Waals surface area contributed by atoms with Crippen LogP contribution in [0.1, 0.15) is 32.4 Å². The van der Waals surface area contributed by atoms with Crippen molar-refractivity contribution in [1.82, 2.24) is 15.0 Å². The van der Waals surface area contributed by atoms with E-state index in [9.17, 15) is 4.79 Å². The molecule has 0 unspecified atom stereocenters. The molecule has 0 saturated carbocycles. The summed E-state index contributed by atoms with van der Waals surface area (Å²) in [5.41, 5.74) is 0.806. The average molecular weight is 211 g/mol. The highest BCUT2D eigenvalue weighted by molar-refractivity contribution is 5.78. The molecule has 1 heterocycles. The summed E-state index contributed by atoms with van der Waals surface area (Å²) < 4.78 is 7.06. The fourth-order valence-corrected chi connectivity index (χ4v) is 1.10. The SMILES string of the molecule is CCC(=O)CCOCc1cn(CC)nn1. The minimum atomic E-state index is 0.229. The number of Topliss-reactive ketones (excluding diaryl/α,β-unsaturated/α-hetero) is 1. The van der Waals surface area contributed by atoms with Crippen molar-refractivity contribution < 1.29 is 9.53 Å². The van der Waals surface area contributed by atoms with E-state index in [4.69, 9.17) is 4.74 Å². The van der Waals surface area contributed by atoms with Crippen LogP contribution in [0.25, 0.3) is 0 Å². The van der Waals surface area contributed by atoms with Crippen LogP contribution in [0.2, 0.25) is 0 Å². The molecular formula is C10H17N3O2. The van der Waals surface area contributed by atoms with Gasteiger partial charge in [-0.3, -0.25) is 9.48 Å². The predicted molar refractivity (Wildman–Crippen MR) is 55.3 cm³/mol. The van der Waals surface area contributed by atoms with Crippen molar-refractivity contribution >= 4 is 5.78 Å². The maximum Gasteiger partial charge on any atom is 0.134 e. The molecular weight excluding hydrogens is 194 g/mol. The molecule has 0 amide bonds. The average Bonchev–Trinajstić information content (AvgIpc) is 2.72. The number of ketones is 1. The van der Waals surface area contributed by atoms with Crippen molar-refractivity contribution in [3.63, 3.8) is 0 Å². The third-order valence-corrected chi connectivity index (χ3v) is 2.08. The van der Waals surface area contributed by atoms with Crippen LogP contribution in [0.5, 0.6) is 0 Å². The first-order valence-electron chi connectivity index (χ1n) is 5.24. The van der Waals surface area contributed by atoms with Gasteiger partial charge in [-0.25, -0.2) is 0 Å². The Hall–Kier alpha value is -1.23. The monoisotopic (exact) mass is 211 g/mol. The molecule has 15 heavy (non-hydrogen) atoms. The minimum absolute atomic E-state index is 0.229. The summed E-state index contributed by atoms with van der Waals surface area (Å²) in [4.78, 5) is 11.0. The van der Waals surface area contributed by atoms with Crippen molar-refractivity contribution in [2.75, 3.05) is 6.61 Å². The van der Waals surface area contributed by atoms with Crippen molar-refractivity contribution in [2.24, 2.45) is 0 Å². The first kappa shape index (κ1) is 11.8. The van der Waals surface area contributed by atoms with E-state index in [0.717, 1.165) is 12.2 Å². The van der Waals surface area contributed by atoms with E-state index in [2.05, 4.69) is 10.3 Å². The molecule has 0 saturated heterocycles. The Labute approximate surface area is 89.4 Å². The number of carbonyl (C=O) groups excluding carboxylic acids is 1. The van der Waals surface area contributed by atoms with E-state index in [1.165, 1.54) is 0 Å². The predicted octanol–water partition coefficient (Wildman–Crippen LogP) is 1.18. The van der Waals surface area contributed by atoms with Gasteiger partial charge in [0.05, 0.1) is 19.4 Å². The van der Waals surface area contributed by atoms with Gasteiger partial charge in [0, 0.05) is 19.4 Å². The van der Waals surface area contributed by atoms with Gasteiger partial charge >= 0.3 is 0 Å². The van der Waals surface area contributed by atoms with E-state index in [0.29, 0.717) is 26.1 Å². The van der Waals surface area contributed by atoms with Gasteiger partial charge in [-0.2, -0.15) is 0 Å². The smallest absolute Gasteiger partial charge is 0.134 e. The molecule has 5 heteroatoms. The first-order valence-corrected chi connectivity index (χ1v) is 5.24. The molecule has 84 valence electrons. The Kier molecular flexibility index (Phi) is 4.97.